The molecular weight excluding hydrogens is 339 g/mol. The molecule has 8 heteroatoms. The lowest BCUT2D eigenvalue weighted by atomic mass is 10.1. The standard InChI is InChI=1S/C16H12F3N3OS/c1-2-22-14-12(15(23)21-16(22)24)10(13(18)19)7-11(20-14)8-3-5-9(17)6-4-8/h3-7,13H,2H2,1H3,(H,21,23,24). The van der Waals surface area contributed by atoms with E-state index in [1.807, 2.05) is 0 Å². The number of hydrogen-bond donors (Lipinski definition) is 1. The summed E-state index contributed by atoms with van der Waals surface area (Å²) in [6.45, 7) is 2.12. The highest BCUT2D eigenvalue weighted by Gasteiger charge is 2.20. The van der Waals surface area contributed by atoms with Crippen molar-refractivity contribution >= 4 is 23.3 Å². The molecule has 1 N–H and O–H groups in total. The van der Waals surface area contributed by atoms with Crippen molar-refractivity contribution in [3.8, 4) is 11.3 Å². The summed E-state index contributed by atoms with van der Waals surface area (Å²) in [6.07, 6.45) is -2.86. The highest BCUT2D eigenvalue weighted by atomic mass is 32.1. The molecule has 0 amide bonds. The second kappa shape index (κ2) is 6.20. The van der Waals surface area contributed by atoms with Crippen molar-refractivity contribution in [2.45, 2.75) is 19.9 Å². The maximum Gasteiger partial charge on any atom is 0.264 e. The highest BCUT2D eigenvalue weighted by Crippen LogP contribution is 2.29. The zero-order chi connectivity index (χ0) is 17.4. The van der Waals surface area contributed by atoms with Crippen molar-refractivity contribution < 1.29 is 13.2 Å². The third-order valence-corrected chi connectivity index (χ3v) is 3.99. The minimum absolute atomic E-state index is 0.0865. The number of benzene rings is 1. The lowest BCUT2D eigenvalue weighted by Gasteiger charge is -2.13. The largest absolute Gasteiger partial charge is 0.303 e. The molecule has 0 saturated carbocycles. The molecule has 2 heterocycles. The Morgan fingerprint density at radius 3 is 2.54 bits per heavy atom. The maximum atomic E-state index is 13.5. The Hall–Kier alpha value is -2.48. The Bertz CT molecular complexity index is 1030. The molecule has 0 fully saturated rings. The van der Waals surface area contributed by atoms with E-state index in [0.717, 1.165) is 6.07 Å². The molecule has 0 saturated heterocycles. The second-order valence-corrected chi connectivity index (χ2v) is 5.49. The van der Waals surface area contributed by atoms with E-state index in [9.17, 15) is 18.0 Å². The molecule has 124 valence electrons. The van der Waals surface area contributed by atoms with Crippen LogP contribution >= 0.6 is 12.2 Å². The molecule has 0 radical (unpaired) electrons. The van der Waals surface area contributed by atoms with Gasteiger partial charge in [-0.2, -0.15) is 0 Å². The Labute approximate surface area is 139 Å². The first-order valence-corrected chi connectivity index (χ1v) is 7.55. The topological polar surface area (TPSA) is 50.7 Å². The molecule has 4 nitrogen and oxygen atoms in total. The van der Waals surface area contributed by atoms with Crippen LogP contribution in [0.2, 0.25) is 0 Å². The summed E-state index contributed by atoms with van der Waals surface area (Å²) in [7, 11) is 0. The number of pyridine rings is 1. The fraction of sp³-hybridized carbons (Fsp3) is 0.188. The molecule has 3 aromatic rings. The van der Waals surface area contributed by atoms with Gasteiger partial charge in [0, 0.05) is 17.7 Å². The second-order valence-electron chi connectivity index (χ2n) is 5.11. The van der Waals surface area contributed by atoms with Crippen LogP contribution in [-0.2, 0) is 6.54 Å². The van der Waals surface area contributed by atoms with Gasteiger partial charge in [-0.1, -0.05) is 0 Å². The van der Waals surface area contributed by atoms with Crippen LogP contribution in [-0.4, -0.2) is 14.5 Å². The van der Waals surface area contributed by atoms with Crippen molar-refractivity contribution in [2.24, 2.45) is 0 Å². The number of aryl methyl sites for hydroxylation is 1. The van der Waals surface area contributed by atoms with Gasteiger partial charge in [-0.3, -0.25) is 9.78 Å². The van der Waals surface area contributed by atoms with E-state index in [-0.39, 0.29) is 21.5 Å². The Morgan fingerprint density at radius 2 is 1.96 bits per heavy atom. The molecule has 0 unspecified atom stereocenters. The minimum atomic E-state index is -2.86. The number of nitrogens with one attached hydrogen (secondary N) is 1. The predicted octanol–water partition coefficient (Wildman–Crippen LogP) is 4.22. The molecule has 0 bridgehead atoms. The van der Waals surface area contributed by atoms with Gasteiger partial charge in [-0.25, -0.2) is 18.2 Å². The van der Waals surface area contributed by atoms with Gasteiger partial charge in [0.15, 0.2) is 4.77 Å². The van der Waals surface area contributed by atoms with Crippen molar-refractivity contribution in [1.29, 1.82) is 0 Å². The van der Waals surface area contributed by atoms with Gasteiger partial charge in [0.2, 0.25) is 0 Å². The molecule has 3 rings (SSSR count). The number of hydrogen-bond acceptors (Lipinski definition) is 3. The summed E-state index contributed by atoms with van der Waals surface area (Å²) in [5.41, 5.74) is -0.358. The van der Waals surface area contributed by atoms with E-state index in [0.29, 0.717) is 12.1 Å². The van der Waals surface area contributed by atoms with Crippen LogP contribution in [0.25, 0.3) is 22.3 Å². The molecule has 0 aliphatic carbocycles. The first-order valence-electron chi connectivity index (χ1n) is 7.14. The third-order valence-electron chi connectivity index (χ3n) is 3.67. The van der Waals surface area contributed by atoms with Gasteiger partial charge in [0.1, 0.15) is 11.5 Å². The summed E-state index contributed by atoms with van der Waals surface area (Å²) in [6, 6.07) is 6.47. The van der Waals surface area contributed by atoms with E-state index in [1.54, 1.807) is 6.92 Å². The number of aromatic nitrogens is 3. The van der Waals surface area contributed by atoms with Crippen molar-refractivity contribution in [2.75, 3.05) is 0 Å². The van der Waals surface area contributed by atoms with Crippen LogP contribution in [0.5, 0.6) is 0 Å². The zero-order valence-corrected chi connectivity index (χ0v) is 13.3. The molecule has 24 heavy (non-hydrogen) atoms. The first kappa shape index (κ1) is 16.4. The van der Waals surface area contributed by atoms with Crippen molar-refractivity contribution in [1.82, 2.24) is 14.5 Å². The average molecular weight is 351 g/mol. The quantitative estimate of drug-likeness (QED) is 0.719. The van der Waals surface area contributed by atoms with Crippen LogP contribution < -0.4 is 5.56 Å². The number of alkyl halides is 2. The summed E-state index contributed by atoms with van der Waals surface area (Å²) >= 11 is 5.08. The molecular formula is C16H12F3N3OS. The summed E-state index contributed by atoms with van der Waals surface area (Å²) in [5.74, 6) is -0.443. The number of aromatic amines is 1. The van der Waals surface area contributed by atoms with Crippen molar-refractivity contribution in [3.05, 3.63) is 56.8 Å². The van der Waals surface area contributed by atoms with Crippen LogP contribution in [0.4, 0.5) is 13.2 Å². The summed E-state index contributed by atoms with van der Waals surface area (Å²) < 4.78 is 41.7. The lowest BCUT2D eigenvalue weighted by molar-refractivity contribution is 0.153. The first-order chi connectivity index (χ1) is 11.4. The molecule has 0 atom stereocenters. The van der Waals surface area contributed by atoms with E-state index < -0.39 is 23.4 Å². The van der Waals surface area contributed by atoms with Crippen LogP contribution in [0.15, 0.2) is 35.1 Å². The smallest absolute Gasteiger partial charge is 0.264 e. The van der Waals surface area contributed by atoms with E-state index >= 15 is 0 Å². The monoisotopic (exact) mass is 351 g/mol. The predicted molar refractivity (Wildman–Crippen MR) is 87.2 cm³/mol. The minimum Gasteiger partial charge on any atom is -0.303 e. The number of H-pyrrole nitrogens is 1. The Kier molecular flexibility index (Phi) is 4.23. The molecule has 0 spiro atoms. The third kappa shape index (κ3) is 2.73. The number of rotatable bonds is 3. The fourth-order valence-electron chi connectivity index (χ4n) is 2.54. The Morgan fingerprint density at radius 1 is 1.29 bits per heavy atom. The summed E-state index contributed by atoms with van der Waals surface area (Å²) in [4.78, 5) is 18.9. The number of halogens is 3. The fourth-order valence-corrected chi connectivity index (χ4v) is 2.84. The maximum absolute atomic E-state index is 13.5. The van der Waals surface area contributed by atoms with E-state index in [2.05, 4.69) is 9.97 Å². The number of fused-ring (bicyclic) bond motifs is 1. The van der Waals surface area contributed by atoms with Crippen LogP contribution in [0.1, 0.15) is 18.9 Å². The van der Waals surface area contributed by atoms with Gasteiger partial charge < -0.3 is 4.57 Å². The van der Waals surface area contributed by atoms with Gasteiger partial charge in [0.25, 0.3) is 12.0 Å². The zero-order valence-electron chi connectivity index (χ0n) is 12.5. The summed E-state index contributed by atoms with van der Waals surface area (Å²) in [5, 5.41) is -0.189. The van der Waals surface area contributed by atoms with Crippen LogP contribution in [0, 0.1) is 10.6 Å². The molecule has 2 aromatic heterocycles. The van der Waals surface area contributed by atoms with Gasteiger partial charge in [-0.15, -0.1) is 0 Å². The van der Waals surface area contributed by atoms with Crippen molar-refractivity contribution in [3.63, 3.8) is 0 Å². The lowest BCUT2D eigenvalue weighted by Crippen LogP contribution is -2.17. The van der Waals surface area contributed by atoms with E-state index in [1.165, 1.54) is 28.8 Å². The molecule has 0 aliphatic rings. The SMILES string of the molecule is CCn1c(=S)[nH]c(=O)c2c(C(F)F)cc(-c3ccc(F)cc3)nc21. The molecule has 1 aromatic carbocycles. The van der Waals surface area contributed by atoms with E-state index in [4.69, 9.17) is 12.2 Å². The molecule has 0 aliphatic heterocycles. The number of nitrogens with zero attached hydrogens (tertiary/aromatic N) is 2. The van der Waals surface area contributed by atoms with Gasteiger partial charge in [0.05, 0.1) is 11.1 Å². The normalized spacial score (nSPS) is 11.4. The van der Waals surface area contributed by atoms with Gasteiger partial charge in [-0.05, 0) is 49.5 Å². The Balaban J connectivity index is 2.44. The highest BCUT2D eigenvalue weighted by molar-refractivity contribution is 7.71. The van der Waals surface area contributed by atoms with Crippen LogP contribution in [0.3, 0.4) is 0 Å². The average Bonchev–Trinajstić information content (AvgIpc) is 2.54. The van der Waals surface area contributed by atoms with Gasteiger partial charge >= 0.3 is 0 Å².